The first kappa shape index (κ1) is 12.5. The third-order valence-electron chi connectivity index (χ3n) is 2.12. The number of hydrogen-bond acceptors (Lipinski definition) is 3. The smallest absolute Gasteiger partial charge is 0.411 e. The van der Waals surface area contributed by atoms with Gasteiger partial charge in [-0.25, -0.2) is 4.79 Å². The number of rotatable bonds is 4. The molecule has 0 atom stereocenters. The fourth-order valence-corrected chi connectivity index (χ4v) is 1.27. The summed E-state index contributed by atoms with van der Waals surface area (Å²) < 4.78 is 4.70. The Balaban J connectivity index is 2.59. The number of ether oxygens (including phenoxy) is 1. The molecule has 2 N–H and O–H groups in total. The number of nitrogens with one attached hydrogen (secondary N) is 1. The van der Waals surface area contributed by atoms with Crippen LogP contribution in [0.4, 0.5) is 10.5 Å². The third kappa shape index (κ3) is 3.90. The number of aliphatic hydroxyl groups excluding tert-OH is 1. The molecule has 0 unspecified atom stereocenters. The number of benzene rings is 1. The molecule has 16 heavy (non-hydrogen) atoms. The maximum Gasteiger partial charge on any atom is 0.411 e. The second-order valence-electron chi connectivity index (χ2n) is 3.76. The summed E-state index contributed by atoms with van der Waals surface area (Å²) in [6.07, 6.45) is -0.546. The lowest BCUT2D eigenvalue weighted by Gasteiger charge is -2.09. The lowest BCUT2D eigenvalue weighted by molar-refractivity contribution is 0.131. The molecule has 0 radical (unpaired) electrons. The van der Waals surface area contributed by atoms with E-state index in [1.807, 2.05) is 18.2 Å². The van der Waals surface area contributed by atoms with Gasteiger partial charge >= 0.3 is 6.09 Å². The quantitative estimate of drug-likeness (QED) is 0.823. The van der Waals surface area contributed by atoms with Crippen LogP contribution in [-0.4, -0.2) is 24.4 Å². The van der Waals surface area contributed by atoms with Crippen molar-refractivity contribution in [2.45, 2.75) is 19.8 Å². The van der Waals surface area contributed by atoms with Gasteiger partial charge in [-0.2, -0.15) is 0 Å². The van der Waals surface area contributed by atoms with Crippen molar-refractivity contribution in [3.8, 4) is 0 Å². The molecule has 1 aromatic carbocycles. The molecule has 0 heterocycles. The van der Waals surface area contributed by atoms with E-state index in [-0.39, 0.29) is 13.2 Å². The number of carbonyl (C=O) groups is 1. The van der Waals surface area contributed by atoms with Gasteiger partial charge in [-0.3, -0.25) is 5.32 Å². The summed E-state index contributed by atoms with van der Waals surface area (Å²) >= 11 is 0. The SMILES string of the molecule is CC(C)c1cccc(NC(=O)OCCO)c1. The normalized spacial score (nSPS) is 10.2. The van der Waals surface area contributed by atoms with Gasteiger partial charge in [0.1, 0.15) is 6.61 Å². The summed E-state index contributed by atoms with van der Waals surface area (Å²) in [5.74, 6) is 0.412. The molecular formula is C12H17NO3. The minimum absolute atomic E-state index is 0.00963. The molecule has 0 saturated heterocycles. The molecule has 4 heteroatoms. The predicted molar refractivity (Wildman–Crippen MR) is 62.6 cm³/mol. The number of anilines is 1. The molecule has 0 aliphatic heterocycles. The lowest BCUT2D eigenvalue weighted by Crippen LogP contribution is -2.15. The molecule has 0 aliphatic rings. The summed E-state index contributed by atoms with van der Waals surface area (Å²) in [7, 11) is 0. The van der Waals surface area contributed by atoms with Crippen molar-refractivity contribution in [2.24, 2.45) is 0 Å². The van der Waals surface area contributed by atoms with Crippen LogP contribution >= 0.6 is 0 Å². The van der Waals surface area contributed by atoms with Crippen molar-refractivity contribution in [3.05, 3.63) is 29.8 Å². The van der Waals surface area contributed by atoms with Gasteiger partial charge in [0.15, 0.2) is 0 Å². The zero-order chi connectivity index (χ0) is 12.0. The minimum atomic E-state index is -0.546. The van der Waals surface area contributed by atoms with E-state index in [1.165, 1.54) is 0 Å². The highest BCUT2D eigenvalue weighted by Crippen LogP contribution is 2.18. The first-order valence-electron chi connectivity index (χ1n) is 5.28. The van der Waals surface area contributed by atoms with Crippen LogP contribution in [0.5, 0.6) is 0 Å². The number of carbonyl (C=O) groups excluding carboxylic acids is 1. The monoisotopic (exact) mass is 223 g/mol. The standard InChI is InChI=1S/C12H17NO3/c1-9(2)10-4-3-5-11(8-10)13-12(15)16-7-6-14/h3-5,8-9,14H,6-7H2,1-2H3,(H,13,15). The fourth-order valence-electron chi connectivity index (χ4n) is 1.27. The van der Waals surface area contributed by atoms with E-state index in [4.69, 9.17) is 9.84 Å². The van der Waals surface area contributed by atoms with Gasteiger partial charge in [-0.1, -0.05) is 26.0 Å². The Kier molecular flexibility index (Phi) is 4.79. The second kappa shape index (κ2) is 6.12. The van der Waals surface area contributed by atoms with Crippen molar-refractivity contribution in [3.63, 3.8) is 0 Å². The summed E-state index contributed by atoms with van der Waals surface area (Å²) in [4.78, 5) is 11.2. The van der Waals surface area contributed by atoms with Crippen LogP contribution in [0.2, 0.25) is 0 Å². The Morgan fingerprint density at radius 1 is 1.50 bits per heavy atom. The molecule has 0 fully saturated rings. The van der Waals surface area contributed by atoms with Crippen LogP contribution in [0.25, 0.3) is 0 Å². The van der Waals surface area contributed by atoms with Crippen LogP contribution in [0.15, 0.2) is 24.3 Å². The summed E-state index contributed by atoms with van der Waals surface area (Å²) in [6, 6.07) is 7.60. The topological polar surface area (TPSA) is 58.6 Å². The Hall–Kier alpha value is -1.55. The average Bonchev–Trinajstić information content (AvgIpc) is 2.26. The van der Waals surface area contributed by atoms with Gasteiger partial charge in [-0.05, 0) is 23.6 Å². The maximum atomic E-state index is 11.2. The molecule has 88 valence electrons. The molecule has 4 nitrogen and oxygen atoms in total. The van der Waals surface area contributed by atoms with Gasteiger partial charge in [0.05, 0.1) is 6.61 Å². The highest BCUT2D eigenvalue weighted by Gasteiger charge is 2.04. The first-order valence-corrected chi connectivity index (χ1v) is 5.28. The van der Waals surface area contributed by atoms with Crippen LogP contribution < -0.4 is 5.32 Å². The van der Waals surface area contributed by atoms with Crippen molar-refractivity contribution in [1.29, 1.82) is 0 Å². The third-order valence-corrected chi connectivity index (χ3v) is 2.12. The Bertz CT molecular complexity index is 350. The molecule has 0 aromatic heterocycles. The van der Waals surface area contributed by atoms with Gasteiger partial charge in [0.25, 0.3) is 0 Å². The van der Waals surface area contributed by atoms with Gasteiger partial charge < -0.3 is 9.84 Å². The lowest BCUT2D eigenvalue weighted by atomic mass is 10.0. The Morgan fingerprint density at radius 3 is 2.88 bits per heavy atom. The van der Waals surface area contributed by atoms with E-state index in [2.05, 4.69) is 19.2 Å². The molecule has 1 rings (SSSR count). The van der Waals surface area contributed by atoms with Crippen molar-refractivity contribution >= 4 is 11.8 Å². The van der Waals surface area contributed by atoms with Crippen LogP contribution in [0.1, 0.15) is 25.3 Å². The van der Waals surface area contributed by atoms with Gasteiger partial charge in [-0.15, -0.1) is 0 Å². The highest BCUT2D eigenvalue weighted by atomic mass is 16.6. The van der Waals surface area contributed by atoms with E-state index in [0.29, 0.717) is 11.6 Å². The van der Waals surface area contributed by atoms with Crippen molar-refractivity contribution in [2.75, 3.05) is 18.5 Å². The number of hydrogen-bond donors (Lipinski definition) is 2. The molecule has 0 bridgehead atoms. The number of amides is 1. The van der Waals surface area contributed by atoms with Gasteiger partial charge in [0.2, 0.25) is 0 Å². The average molecular weight is 223 g/mol. The number of aliphatic hydroxyl groups is 1. The first-order chi connectivity index (χ1) is 7.63. The molecule has 0 aliphatic carbocycles. The van der Waals surface area contributed by atoms with E-state index >= 15 is 0 Å². The summed E-state index contributed by atoms with van der Waals surface area (Å²) in [6.45, 7) is 4.02. The Morgan fingerprint density at radius 2 is 2.25 bits per heavy atom. The van der Waals surface area contributed by atoms with Gasteiger partial charge in [0, 0.05) is 5.69 Å². The van der Waals surface area contributed by atoms with Crippen molar-refractivity contribution in [1.82, 2.24) is 0 Å². The molecule has 0 saturated carbocycles. The fraction of sp³-hybridized carbons (Fsp3) is 0.417. The van der Waals surface area contributed by atoms with E-state index < -0.39 is 6.09 Å². The van der Waals surface area contributed by atoms with Crippen LogP contribution in [0.3, 0.4) is 0 Å². The maximum absolute atomic E-state index is 11.2. The second-order valence-corrected chi connectivity index (χ2v) is 3.76. The summed E-state index contributed by atoms with van der Waals surface area (Å²) in [5.41, 5.74) is 1.86. The zero-order valence-electron chi connectivity index (χ0n) is 9.56. The minimum Gasteiger partial charge on any atom is -0.447 e. The van der Waals surface area contributed by atoms with Crippen LogP contribution in [-0.2, 0) is 4.74 Å². The molecule has 1 aromatic rings. The summed E-state index contributed by atoms with van der Waals surface area (Å²) in [5, 5.41) is 11.1. The highest BCUT2D eigenvalue weighted by molar-refractivity contribution is 5.84. The largest absolute Gasteiger partial charge is 0.447 e. The zero-order valence-corrected chi connectivity index (χ0v) is 9.56. The van der Waals surface area contributed by atoms with Crippen LogP contribution in [0, 0.1) is 0 Å². The Labute approximate surface area is 95.2 Å². The van der Waals surface area contributed by atoms with E-state index in [1.54, 1.807) is 6.07 Å². The molecule has 1 amide bonds. The van der Waals surface area contributed by atoms with E-state index in [9.17, 15) is 4.79 Å². The molecule has 0 spiro atoms. The molecular weight excluding hydrogens is 206 g/mol. The van der Waals surface area contributed by atoms with Crippen molar-refractivity contribution < 1.29 is 14.6 Å². The predicted octanol–water partition coefficient (Wildman–Crippen LogP) is 2.35. The van der Waals surface area contributed by atoms with E-state index in [0.717, 1.165) is 5.56 Å².